The third-order valence-corrected chi connectivity index (χ3v) is 5.31. The summed E-state index contributed by atoms with van der Waals surface area (Å²) >= 11 is 5.32. The Morgan fingerprint density at radius 1 is 1.11 bits per heavy atom. The van der Waals surface area contributed by atoms with E-state index in [9.17, 15) is 0 Å². The van der Waals surface area contributed by atoms with E-state index in [1.165, 1.54) is 26.2 Å². The average Bonchev–Trinajstić information content (AvgIpc) is 2.86. The molecule has 2 unspecified atom stereocenters. The topological polar surface area (TPSA) is 12.0 Å². The standard InChI is InChI=1S/C16H20BrNS/c1-4-11(2)12-5-7-13(8-6-12)16(18-3)14-9-10-15(17)19-14/h5-11,16,18H,4H2,1-3H3. The van der Waals surface area contributed by atoms with Crippen LogP contribution in [0.15, 0.2) is 40.2 Å². The van der Waals surface area contributed by atoms with Crippen LogP contribution in [0.1, 0.15) is 48.2 Å². The summed E-state index contributed by atoms with van der Waals surface area (Å²) in [5.74, 6) is 0.637. The zero-order valence-corrected chi connectivity index (χ0v) is 14.0. The van der Waals surface area contributed by atoms with Crippen LogP contribution < -0.4 is 5.32 Å². The lowest BCUT2D eigenvalue weighted by molar-refractivity contribution is 0.699. The van der Waals surface area contributed by atoms with Gasteiger partial charge in [-0.25, -0.2) is 0 Å². The van der Waals surface area contributed by atoms with Crippen LogP contribution in [0.25, 0.3) is 0 Å². The van der Waals surface area contributed by atoms with Gasteiger partial charge in [0.1, 0.15) is 0 Å². The van der Waals surface area contributed by atoms with Crippen LogP contribution in [0, 0.1) is 0 Å². The first-order chi connectivity index (χ1) is 9.15. The van der Waals surface area contributed by atoms with Crippen molar-refractivity contribution in [2.75, 3.05) is 7.05 Å². The van der Waals surface area contributed by atoms with E-state index in [-0.39, 0.29) is 6.04 Å². The molecular weight excluding hydrogens is 318 g/mol. The lowest BCUT2D eigenvalue weighted by atomic mass is 9.96. The highest BCUT2D eigenvalue weighted by molar-refractivity contribution is 9.11. The summed E-state index contributed by atoms with van der Waals surface area (Å²) in [7, 11) is 2.01. The summed E-state index contributed by atoms with van der Waals surface area (Å²) in [6.45, 7) is 4.51. The molecule has 0 aliphatic heterocycles. The molecule has 0 radical (unpaired) electrons. The molecule has 0 spiro atoms. The molecule has 2 aromatic rings. The summed E-state index contributed by atoms with van der Waals surface area (Å²) < 4.78 is 1.18. The molecular formula is C16H20BrNS. The second-order valence-electron chi connectivity index (χ2n) is 4.84. The third-order valence-electron chi connectivity index (χ3n) is 3.62. The van der Waals surface area contributed by atoms with Gasteiger partial charge < -0.3 is 5.32 Å². The number of rotatable bonds is 5. The highest BCUT2D eigenvalue weighted by Gasteiger charge is 2.14. The smallest absolute Gasteiger partial charge is 0.0702 e. The minimum atomic E-state index is 0.280. The number of hydrogen-bond acceptors (Lipinski definition) is 2. The summed E-state index contributed by atoms with van der Waals surface area (Å²) in [5, 5.41) is 3.40. The van der Waals surface area contributed by atoms with E-state index in [1.807, 2.05) is 7.05 Å². The maximum Gasteiger partial charge on any atom is 0.0702 e. The van der Waals surface area contributed by atoms with Gasteiger partial charge in [0.25, 0.3) is 0 Å². The van der Waals surface area contributed by atoms with Gasteiger partial charge in [0.2, 0.25) is 0 Å². The van der Waals surface area contributed by atoms with E-state index < -0.39 is 0 Å². The Bertz CT molecular complexity index is 518. The minimum Gasteiger partial charge on any atom is -0.309 e. The van der Waals surface area contributed by atoms with Crippen LogP contribution in [0.4, 0.5) is 0 Å². The highest BCUT2D eigenvalue weighted by atomic mass is 79.9. The SMILES string of the molecule is CCC(C)c1ccc(C(NC)c2ccc(Br)s2)cc1. The van der Waals surface area contributed by atoms with Gasteiger partial charge in [0.05, 0.1) is 9.83 Å². The molecule has 102 valence electrons. The summed E-state index contributed by atoms with van der Waals surface area (Å²) in [6, 6.07) is 13.6. The summed E-state index contributed by atoms with van der Waals surface area (Å²) in [6.07, 6.45) is 1.19. The molecule has 0 amide bonds. The van der Waals surface area contributed by atoms with Gasteiger partial charge in [-0.1, -0.05) is 38.1 Å². The predicted octanol–water partition coefficient (Wildman–Crippen LogP) is 5.33. The lowest BCUT2D eigenvalue weighted by Gasteiger charge is -2.16. The van der Waals surface area contributed by atoms with E-state index >= 15 is 0 Å². The fourth-order valence-electron chi connectivity index (χ4n) is 2.21. The molecule has 0 aliphatic rings. The van der Waals surface area contributed by atoms with Gasteiger partial charge in [0.15, 0.2) is 0 Å². The second-order valence-corrected chi connectivity index (χ2v) is 7.33. The van der Waals surface area contributed by atoms with Crippen LogP contribution in [0.5, 0.6) is 0 Å². The molecule has 19 heavy (non-hydrogen) atoms. The zero-order chi connectivity index (χ0) is 13.8. The van der Waals surface area contributed by atoms with Gasteiger partial charge >= 0.3 is 0 Å². The molecule has 1 aromatic carbocycles. The largest absolute Gasteiger partial charge is 0.309 e. The molecule has 2 rings (SSSR count). The lowest BCUT2D eigenvalue weighted by Crippen LogP contribution is -2.16. The number of benzene rings is 1. The van der Waals surface area contributed by atoms with Gasteiger partial charge in [-0.2, -0.15) is 0 Å². The van der Waals surface area contributed by atoms with E-state index in [0.717, 1.165) is 0 Å². The first-order valence-electron chi connectivity index (χ1n) is 6.68. The van der Waals surface area contributed by atoms with Gasteiger partial charge in [0, 0.05) is 4.88 Å². The Hall–Kier alpha value is -0.640. The monoisotopic (exact) mass is 337 g/mol. The molecule has 0 saturated heterocycles. The Morgan fingerprint density at radius 3 is 2.21 bits per heavy atom. The van der Waals surface area contributed by atoms with Crippen molar-refractivity contribution in [3.63, 3.8) is 0 Å². The molecule has 1 aromatic heterocycles. The highest BCUT2D eigenvalue weighted by Crippen LogP contribution is 2.31. The Labute approximate surface area is 128 Å². The Kier molecular flexibility index (Phi) is 5.20. The fraction of sp³-hybridized carbons (Fsp3) is 0.375. The second kappa shape index (κ2) is 6.69. The maximum absolute atomic E-state index is 3.53. The molecule has 0 bridgehead atoms. The maximum atomic E-state index is 3.53. The predicted molar refractivity (Wildman–Crippen MR) is 88.1 cm³/mol. The molecule has 0 saturated carbocycles. The van der Waals surface area contributed by atoms with E-state index in [4.69, 9.17) is 0 Å². The van der Waals surface area contributed by atoms with E-state index in [2.05, 4.69) is 71.5 Å². The minimum absolute atomic E-state index is 0.280. The zero-order valence-electron chi connectivity index (χ0n) is 11.6. The third kappa shape index (κ3) is 3.47. The molecule has 1 nitrogen and oxygen atoms in total. The molecule has 1 heterocycles. The Morgan fingerprint density at radius 2 is 1.74 bits per heavy atom. The first-order valence-corrected chi connectivity index (χ1v) is 8.29. The molecule has 1 N–H and O–H groups in total. The van der Waals surface area contributed by atoms with E-state index in [1.54, 1.807) is 11.3 Å². The van der Waals surface area contributed by atoms with Crippen LogP contribution >= 0.6 is 27.3 Å². The number of halogens is 1. The fourth-order valence-corrected chi connectivity index (χ4v) is 3.77. The molecule has 2 atom stereocenters. The van der Waals surface area contributed by atoms with Crippen LogP contribution in [-0.4, -0.2) is 7.05 Å². The molecule has 3 heteroatoms. The Balaban J connectivity index is 2.24. The summed E-state index contributed by atoms with van der Waals surface area (Å²) in [4.78, 5) is 1.34. The average molecular weight is 338 g/mol. The van der Waals surface area contributed by atoms with Gasteiger partial charge in [-0.05, 0) is 58.6 Å². The quantitative estimate of drug-likeness (QED) is 0.777. The van der Waals surface area contributed by atoms with Crippen molar-refractivity contribution in [3.05, 3.63) is 56.2 Å². The molecule has 0 aliphatic carbocycles. The number of hydrogen-bond donors (Lipinski definition) is 1. The number of nitrogens with one attached hydrogen (secondary N) is 1. The van der Waals surface area contributed by atoms with Crippen LogP contribution in [0.2, 0.25) is 0 Å². The van der Waals surface area contributed by atoms with Crippen molar-refractivity contribution in [1.82, 2.24) is 5.32 Å². The van der Waals surface area contributed by atoms with Crippen molar-refractivity contribution in [1.29, 1.82) is 0 Å². The molecule has 0 fully saturated rings. The van der Waals surface area contributed by atoms with Crippen molar-refractivity contribution in [2.24, 2.45) is 0 Å². The summed E-state index contributed by atoms with van der Waals surface area (Å²) in [5.41, 5.74) is 2.75. The van der Waals surface area contributed by atoms with Crippen molar-refractivity contribution < 1.29 is 0 Å². The van der Waals surface area contributed by atoms with Crippen LogP contribution in [0.3, 0.4) is 0 Å². The van der Waals surface area contributed by atoms with E-state index in [0.29, 0.717) is 5.92 Å². The van der Waals surface area contributed by atoms with Gasteiger partial charge in [-0.15, -0.1) is 11.3 Å². The van der Waals surface area contributed by atoms with Crippen LogP contribution in [-0.2, 0) is 0 Å². The van der Waals surface area contributed by atoms with Crippen molar-refractivity contribution >= 4 is 27.3 Å². The first kappa shape index (κ1) is 14.8. The van der Waals surface area contributed by atoms with Crippen molar-refractivity contribution in [2.45, 2.75) is 32.2 Å². The number of thiophene rings is 1. The normalized spacial score (nSPS) is 14.3. The van der Waals surface area contributed by atoms with Gasteiger partial charge in [-0.3, -0.25) is 0 Å². The van der Waals surface area contributed by atoms with Crippen molar-refractivity contribution in [3.8, 4) is 0 Å².